The Morgan fingerprint density at radius 2 is 2.07 bits per heavy atom. The standard InChI is InChI=1S/C19H18ClN3O4S/c1-10-17(11(2)24)18(21-19(28-4)22(10)3)16-8-7-15(27-16)13-9-12(23(25)26)5-6-14(13)20/h5-9,18H,1-4H3. The van der Waals surface area contributed by atoms with Crippen LogP contribution in [0.3, 0.4) is 0 Å². The predicted molar refractivity (Wildman–Crippen MR) is 111 cm³/mol. The van der Waals surface area contributed by atoms with Gasteiger partial charge in [-0.15, -0.1) is 0 Å². The fourth-order valence-electron chi connectivity index (χ4n) is 3.09. The maximum Gasteiger partial charge on any atom is 0.270 e. The van der Waals surface area contributed by atoms with Crippen molar-refractivity contribution in [2.24, 2.45) is 4.99 Å². The summed E-state index contributed by atoms with van der Waals surface area (Å²) in [7, 11) is 1.86. The monoisotopic (exact) mass is 419 g/mol. The predicted octanol–water partition coefficient (Wildman–Crippen LogP) is 5.08. The number of carbonyl (C=O) groups is 1. The van der Waals surface area contributed by atoms with E-state index in [1.54, 1.807) is 12.1 Å². The minimum Gasteiger partial charge on any atom is -0.458 e. The number of non-ortho nitro benzene ring substituents is 1. The molecule has 28 heavy (non-hydrogen) atoms. The van der Waals surface area contributed by atoms with Gasteiger partial charge in [-0.25, -0.2) is 4.99 Å². The average molecular weight is 420 g/mol. The summed E-state index contributed by atoms with van der Waals surface area (Å²) in [5.41, 5.74) is 1.68. The number of carbonyl (C=O) groups excluding carboxylic acids is 1. The normalized spacial score (nSPS) is 17.0. The summed E-state index contributed by atoms with van der Waals surface area (Å²) in [6.45, 7) is 3.37. The second kappa shape index (κ2) is 7.81. The van der Waals surface area contributed by atoms with Crippen LogP contribution < -0.4 is 0 Å². The Kier molecular flexibility index (Phi) is 5.62. The number of ketones is 1. The molecule has 9 heteroatoms. The summed E-state index contributed by atoms with van der Waals surface area (Å²) in [5.74, 6) is 0.760. The SMILES string of the molecule is CSC1=NC(c2ccc(-c3cc([N+](=O)[O-])ccc3Cl)o2)C(C(C)=O)=C(C)N1C. The Labute approximate surface area is 171 Å². The molecule has 0 aliphatic carbocycles. The van der Waals surface area contributed by atoms with Gasteiger partial charge in [-0.3, -0.25) is 14.9 Å². The van der Waals surface area contributed by atoms with Gasteiger partial charge < -0.3 is 9.32 Å². The Hall–Kier alpha value is -2.58. The first-order chi connectivity index (χ1) is 13.2. The third-order valence-electron chi connectivity index (χ3n) is 4.58. The van der Waals surface area contributed by atoms with E-state index in [1.165, 1.54) is 36.9 Å². The molecule has 1 aliphatic heterocycles. The number of nitrogens with zero attached hydrogens (tertiary/aromatic N) is 3. The molecule has 2 heterocycles. The van der Waals surface area contributed by atoms with Crippen molar-refractivity contribution in [2.75, 3.05) is 13.3 Å². The van der Waals surface area contributed by atoms with E-state index < -0.39 is 11.0 Å². The van der Waals surface area contributed by atoms with Crippen LogP contribution in [0.4, 0.5) is 5.69 Å². The van der Waals surface area contributed by atoms with Crippen molar-refractivity contribution in [1.82, 2.24) is 4.90 Å². The zero-order chi connectivity index (χ0) is 20.6. The number of halogens is 1. The van der Waals surface area contributed by atoms with Gasteiger partial charge in [-0.05, 0) is 38.3 Å². The molecule has 146 valence electrons. The van der Waals surface area contributed by atoms with Gasteiger partial charge in [-0.2, -0.15) is 0 Å². The second-order valence-electron chi connectivity index (χ2n) is 6.26. The molecule has 3 rings (SSSR count). The van der Waals surface area contributed by atoms with Gasteiger partial charge in [0.1, 0.15) is 17.6 Å². The molecular weight excluding hydrogens is 402 g/mol. The van der Waals surface area contributed by atoms with Crippen LogP contribution in [0.1, 0.15) is 25.6 Å². The van der Waals surface area contributed by atoms with Crippen LogP contribution in [0.15, 0.2) is 51.0 Å². The Morgan fingerprint density at radius 3 is 2.68 bits per heavy atom. The van der Waals surface area contributed by atoms with Gasteiger partial charge in [0.25, 0.3) is 5.69 Å². The van der Waals surface area contributed by atoms with Crippen LogP contribution in [-0.4, -0.2) is 34.1 Å². The number of nitro benzene ring substituents is 1. The van der Waals surface area contributed by atoms with E-state index in [1.807, 2.05) is 25.1 Å². The number of furan rings is 1. The lowest BCUT2D eigenvalue weighted by Gasteiger charge is -2.30. The van der Waals surface area contributed by atoms with Crippen molar-refractivity contribution < 1.29 is 14.1 Å². The molecule has 1 aliphatic rings. The van der Waals surface area contributed by atoms with E-state index in [2.05, 4.69) is 4.99 Å². The molecule has 0 saturated heterocycles. The van der Waals surface area contributed by atoms with Crippen molar-refractivity contribution >= 4 is 40.0 Å². The molecule has 0 N–H and O–H groups in total. The Morgan fingerprint density at radius 1 is 1.36 bits per heavy atom. The fourth-order valence-corrected chi connectivity index (χ4v) is 3.92. The van der Waals surface area contributed by atoms with E-state index >= 15 is 0 Å². The Bertz CT molecular complexity index is 1030. The largest absolute Gasteiger partial charge is 0.458 e. The number of thioether (sulfide) groups is 1. The summed E-state index contributed by atoms with van der Waals surface area (Å²) in [6.07, 6.45) is 1.91. The number of allylic oxidation sites excluding steroid dienone is 1. The lowest BCUT2D eigenvalue weighted by Crippen LogP contribution is -2.30. The summed E-state index contributed by atoms with van der Waals surface area (Å²) < 4.78 is 5.95. The zero-order valence-electron chi connectivity index (χ0n) is 15.7. The number of hydrogen-bond acceptors (Lipinski definition) is 7. The van der Waals surface area contributed by atoms with E-state index in [-0.39, 0.29) is 11.5 Å². The molecule has 0 amide bonds. The molecule has 0 spiro atoms. The number of Topliss-reactive ketones (excluding diaryl/α,β-unsaturated/α-hetero) is 1. The molecule has 1 atom stereocenters. The van der Waals surface area contributed by atoms with Crippen molar-refractivity contribution in [3.05, 3.63) is 62.5 Å². The first-order valence-electron chi connectivity index (χ1n) is 8.35. The number of benzene rings is 1. The first-order valence-corrected chi connectivity index (χ1v) is 9.96. The van der Waals surface area contributed by atoms with Crippen molar-refractivity contribution in [3.8, 4) is 11.3 Å². The molecule has 1 aromatic heterocycles. The quantitative estimate of drug-likeness (QED) is 0.507. The number of aliphatic imine (C=N–C) groups is 1. The van der Waals surface area contributed by atoms with Crippen molar-refractivity contribution in [3.63, 3.8) is 0 Å². The number of rotatable bonds is 4. The smallest absolute Gasteiger partial charge is 0.270 e. The summed E-state index contributed by atoms with van der Waals surface area (Å²) >= 11 is 7.69. The van der Waals surface area contributed by atoms with Crippen LogP contribution >= 0.6 is 23.4 Å². The van der Waals surface area contributed by atoms with Gasteiger partial charge >= 0.3 is 0 Å². The zero-order valence-corrected chi connectivity index (χ0v) is 17.3. The minimum atomic E-state index is -0.581. The van der Waals surface area contributed by atoms with Gasteiger partial charge in [0.15, 0.2) is 11.0 Å². The lowest BCUT2D eigenvalue weighted by atomic mass is 9.98. The molecule has 0 bridgehead atoms. The van der Waals surface area contributed by atoms with E-state index in [0.29, 0.717) is 27.7 Å². The molecule has 0 fully saturated rings. The third-order valence-corrected chi connectivity index (χ3v) is 5.65. The molecule has 7 nitrogen and oxygen atoms in total. The van der Waals surface area contributed by atoms with Crippen molar-refractivity contribution in [2.45, 2.75) is 19.9 Å². The van der Waals surface area contributed by atoms with Crippen molar-refractivity contribution in [1.29, 1.82) is 0 Å². The number of nitro groups is 1. The van der Waals surface area contributed by atoms with E-state index in [4.69, 9.17) is 16.0 Å². The summed E-state index contributed by atoms with van der Waals surface area (Å²) in [6, 6.07) is 6.98. The maximum atomic E-state index is 12.3. The highest BCUT2D eigenvalue weighted by atomic mass is 35.5. The highest BCUT2D eigenvalue weighted by Gasteiger charge is 2.32. The van der Waals surface area contributed by atoms with E-state index in [9.17, 15) is 14.9 Å². The van der Waals surface area contributed by atoms with Gasteiger partial charge in [0.2, 0.25) is 0 Å². The maximum absolute atomic E-state index is 12.3. The molecule has 0 radical (unpaired) electrons. The molecule has 1 unspecified atom stereocenters. The molecular formula is C19H18ClN3O4S. The number of hydrogen-bond donors (Lipinski definition) is 0. The highest BCUT2D eigenvalue weighted by molar-refractivity contribution is 8.13. The van der Waals surface area contributed by atoms with Crippen LogP contribution in [0.5, 0.6) is 0 Å². The average Bonchev–Trinajstić information content (AvgIpc) is 3.13. The van der Waals surface area contributed by atoms with Crippen LogP contribution in [-0.2, 0) is 4.79 Å². The van der Waals surface area contributed by atoms with E-state index in [0.717, 1.165) is 10.9 Å². The molecule has 2 aromatic rings. The highest BCUT2D eigenvalue weighted by Crippen LogP contribution is 2.39. The second-order valence-corrected chi connectivity index (χ2v) is 7.44. The minimum absolute atomic E-state index is 0.0838. The summed E-state index contributed by atoms with van der Waals surface area (Å²) in [4.78, 5) is 29.4. The Balaban J connectivity index is 2.08. The number of amidine groups is 1. The van der Waals surface area contributed by atoms with Crippen LogP contribution in [0.2, 0.25) is 5.02 Å². The fraction of sp³-hybridized carbons (Fsp3) is 0.263. The molecule has 1 aromatic carbocycles. The van der Waals surface area contributed by atoms with Gasteiger partial charge in [-0.1, -0.05) is 23.4 Å². The first kappa shape index (κ1) is 20.2. The molecule has 0 saturated carbocycles. The lowest BCUT2D eigenvalue weighted by molar-refractivity contribution is -0.384. The van der Waals surface area contributed by atoms with Gasteiger partial charge in [0.05, 0.1) is 9.95 Å². The van der Waals surface area contributed by atoms with Gasteiger partial charge in [0, 0.05) is 36.0 Å². The topological polar surface area (TPSA) is 89.0 Å². The van der Waals surface area contributed by atoms with Crippen LogP contribution in [0, 0.1) is 10.1 Å². The van der Waals surface area contributed by atoms with Crippen LogP contribution in [0.25, 0.3) is 11.3 Å². The summed E-state index contributed by atoms with van der Waals surface area (Å²) in [5, 5.41) is 12.2. The third kappa shape index (κ3) is 3.57.